The molecule has 5 rings (SSSR count). The summed E-state index contributed by atoms with van der Waals surface area (Å²) >= 11 is 0. The molecular formula is C19H21F3N2O2. The maximum absolute atomic E-state index is 13.1. The maximum atomic E-state index is 13.1. The summed E-state index contributed by atoms with van der Waals surface area (Å²) in [5.41, 5.74) is 2.15. The summed E-state index contributed by atoms with van der Waals surface area (Å²) in [6, 6.07) is 2.21. The van der Waals surface area contributed by atoms with E-state index in [2.05, 4.69) is 20.8 Å². The van der Waals surface area contributed by atoms with E-state index < -0.39 is 11.9 Å². The Balaban J connectivity index is 1.59. The van der Waals surface area contributed by atoms with Crippen LogP contribution in [-0.2, 0) is 25.2 Å². The number of fused-ring (bicyclic) bond motifs is 3. The number of hydrogen-bond acceptors (Lipinski definition) is 2. The summed E-state index contributed by atoms with van der Waals surface area (Å²) < 4.78 is 46.6. The van der Waals surface area contributed by atoms with Gasteiger partial charge in [-0.15, -0.1) is 0 Å². The van der Waals surface area contributed by atoms with Gasteiger partial charge in [0.25, 0.3) is 5.56 Å². The highest BCUT2D eigenvalue weighted by Gasteiger charge is 2.89. The minimum atomic E-state index is -4.52. The van der Waals surface area contributed by atoms with Gasteiger partial charge in [-0.05, 0) is 41.7 Å². The third kappa shape index (κ3) is 1.39. The van der Waals surface area contributed by atoms with Gasteiger partial charge in [-0.2, -0.15) is 13.2 Å². The van der Waals surface area contributed by atoms with Crippen LogP contribution in [-0.4, -0.2) is 9.36 Å². The average Bonchev–Trinajstić information content (AvgIpc) is 2.89. The van der Waals surface area contributed by atoms with Crippen LogP contribution in [0.2, 0.25) is 0 Å². The molecule has 2 heterocycles. The largest absolute Gasteiger partial charge is 0.455 e. The Hall–Kier alpha value is -1.92. The topological polar surface area (TPSA) is 40.1 Å². The van der Waals surface area contributed by atoms with E-state index >= 15 is 0 Å². The van der Waals surface area contributed by atoms with E-state index in [1.165, 1.54) is 10.7 Å². The molecule has 1 unspecified atom stereocenters. The molecule has 2 saturated carbocycles. The zero-order valence-corrected chi connectivity index (χ0v) is 15.2. The first-order valence-corrected chi connectivity index (χ1v) is 8.94. The zero-order valence-electron chi connectivity index (χ0n) is 15.2. The first-order valence-electron chi connectivity index (χ1n) is 8.94. The van der Waals surface area contributed by atoms with E-state index in [1.54, 1.807) is 0 Å². The predicted octanol–water partition coefficient (Wildman–Crippen LogP) is 4.02. The van der Waals surface area contributed by atoms with Crippen LogP contribution in [0, 0.1) is 10.8 Å². The van der Waals surface area contributed by atoms with Gasteiger partial charge in [-0.25, -0.2) is 4.68 Å². The minimum absolute atomic E-state index is 0.00857. The predicted molar refractivity (Wildman–Crippen MR) is 88.0 cm³/mol. The normalized spacial score (nSPS) is 33.4. The highest BCUT2D eigenvalue weighted by atomic mass is 19.4. The third-order valence-corrected chi connectivity index (χ3v) is 8.09. The molecule has 26 heavy (non-hydrogen) atoms. The molecule has 4 nitrogen and oxygen atoms in total. The molecule has 0 radical (unpaired) electrons. The lowest BCUT2D eigenvalue weighted by Gasteiger charge is -2.38. The number of hydrogen-bond donors (Lipinski definition) is 0. The van der Waals surface area contributed by atoms with E-state index in [4.69, 9.17) is 4.42 Å². The average molecular weight is 366 g/mol. The van der Waals surface area contributed by atoms with Crippen LogP contribution in [0.1, 0.15) is 62.3 Å². The Morgan fingerprint density at radius 3 is 2.50 bits per heavy atom. The lowest BCUT2D eigenvalue weighted by Crippen LogP contribution is -2.34. The third-order valence-electron chi connectivity index (χ3n) is 8.09. The molecule has 0 N–H and O–H groups in total. The Kier molecular flexibility index (Phi) is 2.60. The summed E-state index contributed by atoms with van der Waals surface area (Å²) in [5.74, 6) is -0.617. The number of alkyl halides is 3. The summed E-state index contributed by atoms with van der Waals surface area (Å²) in [6.45, 7) is 6.79. The Morgan fingerprint density at radius 1 is 1.27 bits per heavy atom. The van der Waals surface area contributed by atoms with Crippen LogP contribution < -0.4 is 5.56 Å². The van der Waals surface area contributed by atoms with Crippen molar-refractivity contribution in [1.29, 1.82) is 0 Å². The number of aromatic nitrogens is 2. The molecule has 0 aliphatic heterocycles. The monoisotopic (exact) mass is 366 g/mol. The fraction of sp³-hybridized carbons (Fsp3) is 0.632. The van der Waals surface area contributed by atoms with Crippen LogP contribution in [0.25, 0.3) is 0 Å². The molecular weight excluding hydrogens is 345 g/mol. The molecule has 2 aromatic heterocycles. The molecule has 0 bridgehead atoms. The van der Waals surface area contributed by atoms with Crippen molar-refractivity contribution in [2.75, 3.05) is 0 Å². The van der Waals surface area contributed by atoms with E-state index in [9.17, 15) is 18.0 Å². The van der Waals surface area contributed by atoms with Gasteiger partial charge in [0.15, 0.2) is 0 Å². The van der Waals surface area contributed by atoms with Crippen molar-refractivity contribution in [2.24, 2.45) is 17.9 Å². The summed E-state index contributed by atoms with van der Waals surface area (Å²) in [4.78, 5) is 13.1. The molecule has 0 saturated heterocycles. The second-order valence-electron chi connectivity index (χ2n) is 8.73. The highest BCUT2D eigenvalue weighted by Crippen LogP contribution is 2.92. The van der Waals surface area contributed by atoms with Crippen molar-refractivity contribution < 1.29 is 17.6 Å². The molecule has 7 heteroatoms. The van der Waals surface area contributed by atoms with Crippen molar-refractivity contribution >= 4 is 0 Å². The van der Waals surface area contributed by atoms with Crippen LogP contribution in [0.15, 0.2) is 21.3 Å². The Bertz CT molecular complexity index is 1010. The Labute approximate surface area is 148 Å². The van der Waals surface area contributed by atoms with Crippen molar-refractivity contribution in [2.45, 2.75) is 57.7 Å². The van der Waals surface area contributed by atoms with E-state index in [1.807, 2.05) is 11.7 Å². The molecule has 0 aromatic carbocycles. The SMILES string of the molecule is Cn1c2c(c(=O)n1Cc1ccc(C(F)(F)F)o1)[C@H]1CCC13C(C)(C)[C@]23C. The van der Waals surface area contributed by atoms with Gasteiger partial charge in [-0.3, -0.25) is 9.48 Å². The smallest absolute Gasteiger partial charge is 0.449 e. The van der Waals surface area contributed by atoms with Crippen molar-refractivity contribution in [3.05, 3.63) is 45.3 Å². The standard InChI is InChI=1S/C19H21F3N2O2/c1-16(2)17(3)14-13(11-7-8-18(11,16)17)15(25)24(23(14)4)9-10-5-6-12(26-10)19(20,21)22/h5-6,11H,7-9H2,1-4H3/t11-,17+,18?/m1/s1. The van der Waals surface area contributed by atoms with Crippen LogP contribution in [0.5, 0.6) is 0 Å². The van der Waals surface area contributed by atoms with Gasteiger partial charge in [0.1, 0.15) is 12.3 Å². The first-order chi connectivity index (χ1) is 12.0. The molecule has 2 fully saturated rings. The highest BCUT2D eigenvalue weighted by molar-refractivity contribution is 5.58. The van der Waals surface area contributed by atoms with E-state index in [0.717, 1.165) is 30.2 Å². The van der Waals surface area contributed by atoms with Crippen LogP contribution in [0.4, 0.5) is 13.2 Å². The van der Waals surface area contributed by atoms with E-state index in [-0.39, 0.29) is 40.0 Å². The fourth-order valence-electron chi connectivity index (χ4n) is 6.58. The minimum Gasteiger partial charge on any atom is -0.455 e. The van der Waals surface area contributed by atoms with Crippen molar-refractivity contribution in [3.63, 3.8) is 0 Å². The van der Waals surface area contributed by atoms with Gasteiger partial charge in [-0.1, -0.05) is 20.8 Å². The van der Waals surface area contributed by atoms with Gasteiger partial charge >= 0.3 is 6.18 Å². The van der Waals surface area contributed by atoms with Gasteiger partial charge < -0.3 is 4.42 Å². The molecule has 1 spiro atoms. The van der Waals surface area contributed by atoms with Crippen LogP contribution in [0.3, 0.4) is 0 Å². The maximum Gasteiger partial charge on any atom is 0.449 e. The second-order valence-corrected chi connectivity index (χ2v) is 8.73. The lowest BCUT2D eigenvalue weighted by atomic mass is 9.65. The zero-order chi connectivity index (χ0) is 18.9. The number of nitrogens with zero attached hydrogens (tertiary/aromatic N) is 2. The number of halogens is 3. The van der Waals surface area contributed by atoms with Crippen molar-refractivity contribution in [1.82, 2.24) is 9.36 Å². The molecule has 140 valence electrons. The molecule has 2 aromatic rings. The lowest BCUT2D eigenvalue weighted by molar-refractivity contribution is -0.153. The first kappa shape index (κ1) is 16.3. The second kappa shape index (κ2) is 4.15. The van der Waals surface area contributed by atoms with Gasteiger partial charge in [0.05, 0.1) is 5.69 Å². The fourth-order valence-corrected chi connectivity index (χ4v) is 6.58. The summed E-state index contributed by atoms with van der Waals surface area (Å²) in [7, 11) is 1.84. The van der Waals surface area contributed by atoms with Gasteiger partial charge in [0, 0.05) is 18.0 Å². The number of furan rings is 1. The van der Waals surface area contributed by atoms with Gasteiger partial charge in [0.2, 0.25) is 5.76 Å². The summed E-state index contributed by atoms with van der Waals surface area (Å²) in [5, 5.41) is 0. The molecule has 3 aliphatic rings. The Morgan fingerprint density at radius 2 is 1.96 bits per heavy atom. The quantitative estimate of drug-likeness (QED) is 0.805. The number of rotatable bonds is 2. The molecule has 0 amide bonds. The van der Waals surface area contributed by atoms with Crippen molar-refractivity contribution in [3.8, 4) is 0 Å². The van der Waals surface area contributed by atoms with E-state index in [0.29, 0.717) is 0 Å². The van der Waals surface area contributed by atoms with Crippen LogP contribution >= 0.6 is 0 Å². The molecule has 3 atom stereocenters. The molecule has 3 aliphatic carbocycles. The summed E-state index contributed by atoms with van der Waals surface area (Å²) in [6.07, 6.45) is -2.36.